The molecule has 142 valence electrons. The highest BCUT2D eigenvalue weighted by atomic mass is 32.1. The van der Waals surface area contributed by atoms with Crippen molar-refractivity contribution in [1.29, 1.82) is 0 Å². The summed E-state index contributed by atoms with van der Waals surface area (Å²) in [6, 6.07) is 13.1. The lowest BCUT2D eigenvalue weighted by Crippen LogP contribution is -2.15. The predicted molar refractivity (Wildman–Crippen MR) is 109 cm³/mol. The number of nitrogens with zero attached hydrogens (tertiary/aromatic N) is 3. The Bertz CT molecular complexity index is 1180. The minimum atomic E-state index is -0.105. The van der Waals surface area contributed by atoms with E-state index in [4.69, 9.17) is 17.0 Å². The quantitative estimate of drug-likeness (QED) is 0.435. The number of nitrogens with one attached hydrogen (secondary N) is 3. The molecule has 2 aromatic carbocycles. The summed E-state index contributed by atoms with van der Waals surface area (Å²) in [4.78, 5) is 12.4. The van der Waals surface area contributed by atoms with E-state index in [1.807, 2.05) is 47.0 Å². The summed E-state index contributed by atoms with van der Waals surface area (Å²) < 4.78 is 7.47. The van der Waals surface area contributed by atoms with Crippen LogP contribution in [0.25, 0.3) is 22.3 Å². The van der Waals surface area contributed by atoms with E-state index in [0.29, 0.717) is 17.1 Å². The van der Waals surface area contributed by atoms with Gasteiger partial charge in [0.15, 0.2) is 10.6 Å². The van der Waals surface area contributed by atoms with Gasteiger partial charge in [-0.15, -0.1) is 0 Å². The molecule has 9 heteroatoms. The molecule has 3 N–H and O–H groups in total. The molecule has 8 nitrogen and oxygen atoms in total. The maximum Gasteiger partial charge on any atom is 0.226 e. The molecule has 2 heterocycles. The van der Waals surface area contributed by atoms with Gasteiger partial charge in [0.25, 0.3) is 0 Å². The second-order valence-electron chi connectivity index (χ2n) is 6.20. The second-order valence-corrected chi connectivity index (χ2v) is 6.59. The number of anilines is 1. The van der Waals surface area contributed by atoms with Crippen molar-refractivity contribution in [2.45, 2.75) is 13.0 Å². The zero-order chi connectivity index (χ0) is 19.5. The van der Waals surface area contributed by atoms with E-state index in [2.05, 4.69) is 25.7 Å². The molecule has 0 unspecified atom stereocenters. The molecular weight excluding hydrogens is 376 g/mol. The molecule has 0 aliphatic carbocycles. The summed E-state index contributed by atoms with van der Waals surface area (Å²) in [6.07, 6.45) is 1.98. The number of amides is 1. The first-order valence-corrected chi connectivity index (χ1v) is 9.07. The topological polar surface area (TPSA) is 101 Å². The molecule has 0 bridgehead atoms. The van der Waals surface area contributed by atoms with Crippen LogP contribution >= 0.6 is 12.2 Å². The normalized spacial score (nSPS) is 10.9. The van der Waals surface area contributed by atoms with E-state index in [1.165, 1.54) is 0 Å². The fourth-order valence-corrected chi connectivity index (χ4v) is 3.17. The number of hydrogen-bond donors (Lipinski definition) is 3. The average molecular weight is 394 g/mol. The van der Waals surface area contributed by atoms with Gasteiger partial charge < -0.3 is 10.1 Å². The molecule has 0 spiro atoms. The molecule has 0 fully saturated rings. The van der Waals surface area contributed by atoms with Crippen LogP contribution in [0.2, 0.25) is 0 Å². The van der Waals surface area contributed by atoms with Gasteiger partial charge >= 0.3 is 0 Å². The van der Waals surface area contributed by atoms with Crippen molar-refractivity contribution < 1.29 is 9.53 Å². The molecule has 2 aromatic heterocycles. The predicted octanol–water partition coefficient (Wildman–Crippen LogP) is 3.52. The molecule has 4 rings (SSSR count). The van der Waals surface area contributed by atoms with E-state index >= 15 is 0 Å². The van der Waals surface area contributed by atoms with Gasteiger partial charge in [0.05, 0.1) is 18.8 Å². The highest BCUT2D eigenvalue weighted by Gasteiger charge is 2.11. The first-order chi connectivity index (χ1) is 13.6. The van der Waals surface area contributed by atoms with E-state index < -0.39 is 0 Å². The van der Waals surface area contributed by atoms with E-state index in [1.54, 1.807) is 13.3 Å². The number of hydrogen-bond acceptors (Lipinski definition) is 5. The van der Waals surface area contributed by atoms with Gasteiger partial charge in [0.1, 0.15) is 5.75 Å². The average Bonchev–Trinajstić information content (AvgIpc) is 3.32. The van der Waals surface area contributed by atoms with Crippen molar-refractivity contribution in [3.05, 3.63) is 53.4 Å². The van der Waals surface area contributed by atoms with Crippen molar-refractivity contribution in [3.8, 4) is 17.1 Å². The van der Waals surface area contributed by atoms with Crippen LogP contribution in [0.3, 0.4) is 0 Å². The van der Waals surface area contributed by atoms with Gasteiger partial charge in [0, 0.05) is 29.6 Å². The highest BCUT2D eigenvalue weighted by molar-refractivity contribution is 7.71. The summed E-state index contributed by atoms with van der Waals surface area (Å²) in [7, 11) is 1.62. The van der Waals surface area contributed by atoms with Crippen LogP contribution < -0.4 is 10.1 Å². The van der Waals surface area contributed by atoms with Gasteiger partial charge in [-0.2, -0.15) is 10.2 Å². The maximum absolute atomic E-state index is 12.4. The monoisotopic (exact) mass is 394 g/mol. The van der Waals surface area contributed by atoms with Crippen molar-refractivity contribution in [2.24, 2.45) is 0 Å². The SMILES string of the molecule is COc1ccc(-c2n[nH]c(=S)n2CCC(=O)Nc2ccc3[nH]ncc3c2)cc1. The lowest BCUT2D eigenvalue weighted by atomic mass is 10.2. The van der Waals surface area contributed by atoms with Crippen molar-refractivity contribution in [3.63, 3.8) is 0 Å². The Labute approximate surface area is 165 Å². The van der Waals surface area contributed by atoms with Gasteiger partial charge in [-0.3, -0.25) is 19.6 Å². The second kappa shape index (κ2) is 7.65. The highest BCUT2D eigenvalue weighted by Crippen LogP contribution is 2.21. The Hall–Kier alpha value is -3.46. The van der Waals surface area contributed by atoms with Gasteiger partial charge in [0.2, 0.25) is 5.91 Å². The minimum absolute atomic E-state index is 0.105. The van der Waals surface area contributed by atoms with Crippen molar-refractivity contribution in [1.82, 2.24) is 25.0 Å². The number of aromatic amines is 2. The van der Waals surface area contributed by atoms with Gasteiger partial charge in [-0.25, -0.2) is 0 Å². The third-order valence-electron chi connectivity index (χ3n) is 4.39. The third-order valence-corrected chi connectivity index (χ3v) is 4.70. The Kier molecular flexibility index (Phi) is 4.90. The van der Waals surface area contributed by atoms with Crippen LogP contribution in [0.5, 0.6) is 5.75 Å². The zero-order valence-corrected chi connectivity index (χ0v) is 15.9. The smallest absolute Gasteiger partial charge is 0.226 e. The fraction of sp³-hybridized carbons (Fsp3) is 0.158. The van der Waals surface area contributed by atoms with E-state index in [-0.39, 0.29) is 12.3 Å². The number of fused-ring (bicyclic) bond motifs is 1. The Balaban J connectivity index is 1.46. The molecule has 0 atom stereocenters. The van der Waals surface area contributed by atoms with Crippen LogP contribution in [-0.4, -0.2) is 38.0 Å². The molecule has 0 saturated heterocycles. The maximum atomic E-state index is 12.4. The van der Waals surface area contributed by atoms with Crippen molar-refractivity contribution >= 4 is 34.7 Å². The Morgan fingerprint density at radius 1 is 1.21 bits per heavy atom. The Morgan fingerprint density at radius 3 is 2.82 bits per heavy atom. The summed E-state index contributed by atoms with van der Waals surface area (Å²) in [5.41, 5.74) is 2.54. The number of methoxy groups -OCH3 is 1. The van der Waals surface area contributed by atoms with Crippen LogP contribution in [0, 0.1) is 4.77 Å². The van der Waals surface area contributed by atoms with E-state index in [0.717, 1.165) is 27.9 Å². The molecule has 0 radical (unpaired) electrons. The van der Waals surface area contributed by atoms with E-state index in [9.17, 15) is 4.79 Å². The molecule has 0 aliphatic rings. The molecule has 0 aliphatic heterocycles. The van der Waals surface area contributed by atoms with Gasteiger partial charge in [-0.05, 0) is 54.7 Å². The number of aromatic nitrogens is 5. The number of carbonyl (C=O) groups is 1. The Morgan fingerprint density at radius 2 is 2.04 bits per heavy atom. The summed E-state index contributed by atoms with van der Waals surface area (Å²) in [5, 5.41) is 17.8. The fourth-order valence-electron chi connectivity index (χ4n) is 2.94. The zero-order valence-electron chi connectivity index (χ0n) is 15.1. The summed E-state index contributed by atoms with van der Waals surface area (Å²) in [5.74, 6) is 1.34. The first-order valence-electron chi connectivity index (χ1n) is 8.66. The number of H-pyrrole nitrogens is 2. The molecule has 0 saturated carbocycles. The van der Waals surface area contributed by atoms with Gasteiger partial charge in [-0.1, -0.05) is 0 Å². The largest absolute Gasteiger partial charge is 0.497 e. The lowest BCUT2D eigenvalue weighted by molar-refractivity contribution is -0.116. The molecule has 4 aromatic rings. The summed E-state index contributed by atoms with van der Waals surface area (Å²) in [6.45, 7) is 0.413. The lowest BCUT2D eigenvalue weighted by Gasteiger charge is -2.09. The first kappa shape index (κ1) is 17.9. The molecule has 1 amide bonds. The number of ether oxygens (including phenoxy) is 1. The van der Waals surface area contributed by atoms with Crippen LogP contribution in [0.15, 0.2) is 48.7 Å². The molecular formula is C19H18N6O2S. The minimum Gasteiger partial charge on any atom is -0.497 e. The van der Waals surface area contributed by atoms with Crippen LogP contribution in [0.4, 0.5) is 5.69 Å². The third kappa shape index (κ3) is 3.65. The number of benzene rings is 2. The standard InChI is InChI=1S/C19H18N6O2S/c1-27-15-5-2-12(3-6-15)18-23-24-19(28)25(18)9-8-17(26)21-14-4-7-16-13(10-14)11-20-22-16/h2-7,10-11H,8-9H2,1H3,(H,20,22)(H,21,26)(H,24,28). The van der Waals surface area contributed by atoms with Crippen molar-refractivity contribution in [2.75, 3.05) is 12.4 Å². The number of carbonyl (C=O) groups excluding carboxylic acids is 1. The summed E-state index contributed by atoms with van der Waals surface area (Å²) >= 11 is 5.32. The van der Waals surface area contributed by atoms with Crippen LogP contribution in [-0.2, 0) is 11.3 Å². The van der Waals surface area contributed by atoms with Crippen LogP contribution in [0.1, 0.15) is 6.42 Å². The number of rotatable bonds is 6. The molecule has 28 heavy (non-hydrogen) atoms.